The third-order valence-electron chi connectivity index (χ3n) is 1.84. The second kappa shape index (κ2) is 6.31. The summed E-state index contributed by atoms with van der Waals surface area (Å²) in [5.74, 6) is 0. The van der Waals surface area contributed by atoms with Crippen molar-refractivity contribution in [2.24, 2.45) is 5.73 Å². The van der Waals surface area contributed by atoms with Crippen molar-refractivity contribution in [1.29, 1.82) is 0 Å². The first-order valence-corrected chi connectivity index (χ1v) is 4.15. The van der Waals surface area contributed by atoms with E-state index in [0.717, 1.165) is 26.2 Å². The third kappa shape index (κ3) is 3.97. The van der Waals surface area contributed by atoms with Crippen molar-refractivity contribution in [2.75, 3.05) is 26.8 Å². The minimum Gasteiger partial charge on any atom is -0.362 e. The Labute approximate surface area is 85.0 Å². The highest BCUT2D eigenvalue weighted by Crippen LogP contribution is 2.04. The molecule has 1 rings (SSSR count). The lowest BCUT2D eigenvalue weighted by Gasteiger charge is -2.17. The molecule has 1 aliphatic heterocycles. The molecule has 0 aliphatic carbocycles. The van der Waals surface area contributed by atoms with Gasteiger partial charge >= 0.3 is 0 Å². The summed E-state index contributed by atoms with van der Waals surface area (Å²) in [5, 5.41) is 0. The largest absolute Gasteiger partial charge is 0.362 e. The van der Waals surface area contributed by atoms with Crippen molar-refractivity contribution in [1.82, 2.24) is 9.80 Å². The van der Waals surface area contributed by atoms with Gasteiger partial charge in [0.1, 0.15) is 0 Å². The summed E-state index contributed by atoms with van der Waals surface area (Å²) in [6, 6.07) is 0. The molecule has 12 heavy (non-hydrogen) atoms. The molecule has 0 saturated carbocycles. The minimum atomic E-state index is 0. The Morgan fingerprint density at radius 3 is 2.58 bits per heavy atom. The Bertz CT molecular complexity index is 138. The summed E-state index contributed by atoms with van der Waals surface area (Å²) in [7, 11) is 2.08. The smallest absolute Gasteiger partial charge is 0.0890 e. The van der Waals surface area contributed by atoms with Gasteiger partial charge in [-0.3, -0.25) is 0 Å². The lowest BCUT2D eigenvalue weighted by molar-refractivity contribution is 0.292. The van der Waals surface area contributed by atoms with E-state index in [-0.39, 0.29) is 17.0 Å². The first-order chi connectivity index (χ1) is 5.33. The molecule has 72 valence electrons. The van der Waals surface area contributed by atoms with E-state index in [1.54, 1.807) is 0 Å². The maximum atomic E-state index is 5.39. The summed E-state index contributed by atoms with van der Waals surface area (Å²) < 4.78 is 0. The van der Waals surface area contributed by atoms with E-state index in [0.29, 0.717) is 0 Å². The number of halogens is 1. The molecule has 1 heterocycles. The molecule has 0 amide bonds. The van der Waals surface area contributed by atoms with Crippen LogP contribution >= 0.6 is 17.0 Å². The Morgan fingerprint density at radius 1 is 1.33 bits per heavy atom. The van der Waals surface area contributed by atoms with E-state index in [2.05, 4.69) is 29.2 Å². The van der Waals surface area contributed by atoms with Crippen LogP contribution in [0.2, 0.25) is 0 Å². The maximum Gasteiger partial charge on any atom is 0.0890 e. The molecule has 0 aromatic heterocycles. The van der Waals surface area contributed by atoms with Crippen LogP contribution in [0.1, 0.15) is 12.8 Å². The lowest BCUT2D eigenvalue weighted by atomic mass is 10.3. The standard InChI is InChI=1S/C8H17N3.BrH/c1-10-6-7-11(8-10)5-3-2-4-9;/h6-7H,2-5,8-9H2,1H3;1H. The lowest BCUT2D eigenvalue weighted by Crippen LogP contribution is -2.23. The molecular formula is C8H18BrN3. The molecule has 0 fully saturated rings. The van der Waals surface area contributed by atoms with Crippen LogP contribution in [0.15, 0.2) is 12.4 Å². The molecule has 3 nitrogen and oxygen atoms in total. The fourth-order valence-corrected chi connectivity index (χ4v) is 1.19. The van der Waals surface area contributed by atoms with Crippen LogP contribution in [0.4, 0.5) is 0 Å². The highest BCUT2D eigenvalue weighted by Gasteiger charge is 2.06. The van der Waals surface area contributed by atoms with Gasteiger partial charge in [0, 0.05) is 26.0 Å². The average molecular weight is 236 g/mol. The number of nitrogens with zero attached hydrogens (tertiary/aromatic N) is 2. The number of nitrogens with two attached hydrogens (primary N) is 1. The predicted molar refractivity (Wildman–Crippen MR) is 57.1 cm³/mol. The summed E-state index contributed by atoms with van der Waals surface area (Å²) in [5.41, 5.74) is 5.39. The van der Waals surface area contributed by atoms with E-state index < -0.39 is 0 Å². The van der Waals surface area contributed by atoms with Crippen LogP contribution in [-0.2, 0) is 0 Å². The van der Waals surface area contributed by atoms with Crippen LogP contribution in [0, 0.1) is 0 Å². The Balaban J connectivity index is 0.00000121. The molecule has 0 atom stereocenters. The topological polar surface area (TPSA) is 32.5 Å². The molecule has 0 bridgehead atoms. The quantitative estimate of drug-likeness (QED) is 0.738. The number of hydrogen-bond acceptors (Lipinski definition) is 3. The van der Waals surface area contributed by atoms with Crippen LogP contribution in [0.25, 0.3) is 0 Å². The van der Waals surface area contributed by atoms with Gasteiger partial charge in [0.15, 0.2) is 0 Å². The van der Waals surface area contributed by atoms with Crippen LogP contribution in [0.5, 0.6) is 0 Å². The fourth-order valence-electron chi connectivity index (χ4n) is 1.19. The molecule has 0 spiro atoms. The van der Waals surface area contributed by atoms with Crippen molar-refractivity contribution in [3.63, 3.8) is 0 Å². The second-order valence-electron chi connectivity index (χ2n) is 3.00. The van der Waals surface area contributed by atoms with Gasteiger partial charge in [0.25, 0.3) is 0 Å². The van der Waals surface area contributed by atoms with Crippen molar-refractivity contribution in [2.45, 2.75) is 12.8 Å². The number of rotatable bonds is 4. The Morgan fingerprint density at radius 2 is 2.08 bits per heavy atom. The predicted octanol–water partition coefficient (Wildman–Crippen LogP) is 0.979. The zero-order valence-electron chi connectivity index (χ0n) is 7.57. The van der Waals surface area contributed by atoms with Gasteiger partial charge in [-0.2, -0.15) is 0 Å². The molecule has 0 saturated heterocycles. The highest BCUT2D eigenvalue weighted by atomic mass is 79.9. The zero-order valence-corrected chi connectivity index (χ0v) is 9.28. The van der Waals surface area contributed by atoms with Crippen LogP contribution in [-0.4, -0.2) is 36.6 Å². The van der Waals surface area contributed by atoms with E-state index in [4.69, 9.17) is 5.73 Å². The van der Waals surface area contributed by atoms with Crippen molar-refractivity contribution >= 4 is 17.0 Å². The van der Waals surface area contributed by atoms with Gasteiger partial charge < -0.3 is 15.5 Å². The van der Waals surface area contributed by atoms with E-state index in [1.165, 1.54) is 6.42 Å². The Kier molecular flexibility index (Phi) is 6.20. The molecule has 0 aromatic rings. The zero-order chi connectivity index (χ0) is 8.10. The van der Waals surface area contributed by atoms with Crippen molar-refractivity contribution in [3.8, 4) is 0 Å². The Hall–Kier alpha value is -0.220. The molecule has 4 heteroatoms. The molecule has 0 radical (unpaired) electrons. The number of unbranched alkanes of at least 4 members (excludes halogenated alkanes) is 1. The van der Waals surface area contributed by atoms with E-state index in [9.17, 15) is 0 Å². The third-order valence-corrected chi connectivity index (χ3v) is 1.84. The highest BCUT2D eigenvalue weighted by molar-refractivity contribution is 8.93. The van der Waals surface area contributed by atoms with Crippen LogP contribution < -0.4 is 5.73 Å². The molecule has 2 N–H and O–H groups in total. The average Bonchev–Trinajstić information content (AvgIpc) is 2.37. The van der Waals surface area contributed by atoms with E-state index in [1.807, 2.05) is 0 Å². The number of hydrogen-bond donors (Lipinski definition) is 1. The monoisotopic (exact) mass is 235 g/mol. The van der Waals surface area contributed by atoms with Gasteiger partial charge in [-0.05, 0) is 19.4 Å². The first kappa shape index (κ1) is 11.8. The molecule has 0 aromatic carbocycles. The summed E-state index contributed by atoms with van der Waals surface area (Å²) >= 11 is 0. The fraction of sp³-hybridized carbons (Fsp3) is 0.750. The molecular weight excluding hydrogens is 218 g/mol. The molecule has 1 aliphatic rings. The van der Waals surface area contributed by atoms with Crippen molar-refractivity contribution in [3.05, 3.63) is 12.4 Å². The second-order valence-corrected chi connectivity index (χ2v) is 3.00. The van der Waals surface area contributed by atoms with Gasteiger partial charge in [0.2, 0.25) is 0 Å². The van der Waals surface area contributed by atoms with Gasteiger partial charge in [-0.15, -0.1) is 17.0 Å². The summed E-state index contributed by atoms with van der Waals surface area (Å²) in [4.78, 5) is 4.47. The molecule has 0 unspecified atom stereocenters. The summed E-state index contributed by atoms with van der Waals surface area (Å²) in [6.07, 6.45) is 6.57. The first-order valence-electron chi connectivity index (χ1n) is 4.15. The summed E-state index contributed by atoms with van der Waals surface area (Å²) in [6.45, 7) is 2.98. The van der Waals surface area contributed by atoms with E-state index >= 15 is 0 Å². The SMILES string of the molecule is Br.CN1C=CN(CCCCN)C1. The van der Waals surface area contributed by atoms with Gasteiger partial charge in [-0.25, -0.2) is 0 Å². The van der Waals surface area contributed by atoms with Crippen molar-refractivity contribution < 1.29 is 0 Å². The maximum absolute atomic E-state index is 5.39. The van der Waals surface area contributed by atoms with Gasteiger partial charge in [-0.1, -0.05) is 0 Å². The minimum absolute atomic E-state index is 0. The normalized spacial score (nSPS) is 15.2. The van der Waals surface area contributed by atoms with Crippen LogP contribution in [0.3, 0.4) is 0 Å². The van der Waals surface area contributed by atoms with Gasteiger partial charge in [0.05, 0.1) is 6.67 Å².